The van der Waals surface area contributed by atoms with Crippen LogP contribution in [0, 0.1) is 12.8 Å². The van der Waals surface area contributed by atoms with Crippen molar-refractivity contribution in [1.29, 1.82) is 0 Å². The Bertz CT molecular complexity index is 408. The Balaban J connectivity index is 1.88. The summed E-state index contributed by atoms with van der Waals surface area (Å²) in [5, 5.41) is 4.38. The Morgan fingerprint density at radius 3 is 2.60 bits per heavy atom. The van der Waals surface area contributed by atoms with Crippen LogP contribution in [0.3, 0.4) is 0 Å². The third-order valence-corrected chi connectivity index (χ3v) is 5.48. The van der Waals surface area contributed by atoms with Crippen LogP contribution in [0.15, 0.2) is 23.1 Å². The molecule has 2 rings (SSSR count). The van der Waals surface area contributed by atoms with Gasteiger partial charge in [-0.25, -0.2) is 0 Å². The Kier molecular flexibility index (Phi) is 6.44. The molecule has 2 heteroatoms. The normalized spacial score (nSPS) is 16.8. The minimum atomic E-state index is 0.720. The lowest BCUT2D eigenvalue weighted by molar-refractivity contribution is 0.516. The van der Waals surface area contributed by atoms with Crippen LogP contribution in [0.25, 0.3) is 0 Å². The van der Waals surface area contributed by atoms with Gasteiger partial charge in [0.25, 0.3) is 0 Å². The van der Waals surface area contributed by atoms with Crippen LogP contribution in [0.5, 0.6) is 0 Å². The first kappa shape index (κ1) is 15.9. The molecule has 1 N–H and O–H groups in total. The quantitative estimate of drug-likeness (QED) is 0.776. The van der Waals surface area contributed by atoms with Gasteiger partial charge in [-0.05, 0) is 49.4 Å². The number of hydrogen-bond donors (Lipinski definition) is 1. The highest BCUT2D eigenvalue weighted by Crippen LogP contribution is 2.35. The maximum absolute atomic E-state index is 3.52. The van der Waals surface area contributed by atoms with Crippen molar-refractivity contribution in [2.75, 3.05) is 6.54 Å². The third kappa shape index (κ3) is 5.14. The molecule has 1 saturated carbocycles. The van der Waals surface area contributed by atoms with Crippen LogP contribution in [0.2, 0.25) is 0 Å². The lowest BCUT2D eigenvalue weighted by Gasteiger charge is -2.22. The second-order valence-corrected chi connectivity index (χ2v) is 7.84. The van der Waals surface area contributed by atoms with Gasteiger partial charge < -0.3 is 5.32 Å². The van der Waals surface area contributed by atoms with E-state index in [1.165, 1.54) is 48.1 Å². The van der Waals surface area contributed by atoms with Crippen LogP contribution < -0.4 is 5.32 Å². The van der Waals surface area contributed by atoms with Gasteiger partial charge >= 0.3 is 0 Å². The Labute approximate surface area is 128 Å². The lowest BCUT2D eigenvalue weighted by atomic mass is 10.0. The van der Waals surface area contributed by atoms with Gasteiger partial charge in [-0.1, -0.05) is 45.2 Å². The maximum Gasteiger partial charge on any atom is 0.0205 e. The van der Waals surface area contributed by atoms with Crippen molar-refractivity contribution in [1.82, 2.24) is 5.32 Å². The number of aryl methyl sites for hydroxylation is 1. The van der Waals surface area contributed by atoms with Gasteiger partial charge in [0, 0.05) is 16.7 Å². The fourth-order valence-electron chi connectivity index (χ4n) is 2.82. The van der Waals surface area contributed by atoms with Crippen LogP contribution in [0.4, 0.5) is 0 Å². The molecular formula is C18H29NS. The second-order valence-electron chi connectivity index (χ2n) is 6.50. The summed E-state index contributed by atoms with van der Waals surface area (Å²) < 4.78 is 0. The van der Waals surface area contributed by atoms with Gasteiger partial charge in [0.1, 0.15) is 0 Å². The van der Waals surface area contributed by atoms with E-state index in [-0.39, 0.29) is 0 Å². The lowest BCUT2D eigenvalue weighted by Crippen LogP contribution is -2.19. The fourth-order valence-corrected chi connectivity index (χ4v) is 4.14. The van der Waals surface area contributed by atoms with E-state index in [1.54, 1.807) is 0 Å². The largest absolute Gasteiger partial charge is 0.312 e. The minimum absolute atomic E-state index is 0.720. The van der Waals surface area contributed by atoms with E-state index in [4.69, 9.17) is 0 Å². The van der Waals surface area contributed by atoms with Crippen molar-refractivity contribution < 1.29 is 0 Å². The second kappa shape index (κ2) is 8.09. The number of thioether (sulfide) groups is 1. The number of hydrogen-bond acceptors (Lipinski definition) is 2. The van der Waals surface area contributed by atoms with Crippen LogP contribution in [-0.2, 0) is 6.54 Å². The molecule has 1 aromatic rings. The molecule has 0 heterocycles. The molecule has 0 saturated heterocycles. The highest BCUT2D eigenvalue weighted by atomic mass is 32.2. The van der Waals surface area contributed by atoms with Crippen LogP contribution in [0.1, 0.15) is 57.1 Å². The molecule has 0 unspecified atom stereocenters. The van der Waals surface area contributed by atoms with Crippen molar-refractivity contribution in [3.8, 4) is 0 Å². The fraction of sp³-hybridized carbons (Fsp3) is 0.667. The van der Waals surface area contributed by atoms with E-state index in [0.717, 1.165) is 24.3 Å². The molecule has 0 bridgehead atoms. The summed E-state index contributed by atoms with van der Waals surface area (Å²) in [5.41, 5.74) is 2.86. The molecule has 20 heavy (non-hydrogen) atoms. The van der Waals surface area contributed by atoms with Crippen molar-refractivity contribution in [2.24, 2.45) is 5.92 Å². The number of rotatable bonds is 6. The van der Waals surface area contributed by atoms with E-state index in [0.29, 0.717) is 0 Å². The number of nitrogens with one attached hydrogen (secondary N) is 1. The predicted molar refractivity (Wildman–Crippen MR) is 90.5 cm³/mol. The Hall–Kier alpha value is -0.470. The average molecular weight is 292 g/mol. The van der Waals surface area contributed by atoms with Gasteiger partial charge in [0.2, 0.25) is 0 Å². The molecule has 0 spiro atoms. The zero-order valence-corrected chi connectivity index (χ0v) is 14.1. The Morgan fingerprint density at radius 2 is 1.95 bits per heavy atom. The molecule has 112 valence electrons. The molecule has 0 radical (unpaired) electrons. The van der Waals surface area contributed by atoms with E-state index in [9.17, 15) is 0 Å². The van der Waals surface area contributed by atoms with Crippen molar-refractivity contribution in [2.45, 2.75) is 69.6 Å². The zero-order chi connectivity index (χ0) is 14.4. The molecular weight excluding hydrogens is 262 g/mol. The van der Waals surface area contributed by atoms with Gasteiger partial charge in [0.05, 0.1) is 0 Å². The predicted octanol–water partition coefficient (Wildman–Crippen LogP) is 5.17. The van der Waals surface area contributed by atoms with E-state index < -0.39 is 0 Å². The first-order valence-electron chi connectivity index (χ1n) is 8.12. The summed E-state index contributed by atoms with van der Waals surface area (Å²) in [4.78, 5) is 1.49. The summed E-state index contributed by atoms with van der Waals surface area (Å²) >= 11 is 2.11. The molecule has 0 aromatic heterocycles. The molecule has 1 aliphatic rings. The maximum atomic E-state index is 3.52. The monoisotopic (exact) mass is 291 g/mol. The molecule has 0 aliphatic heterocycles. The molecule has 1 aromatic carbocycles. The van der Waals surface area contributed by atoms with Crippen molar-refractivity contribution >= 4 is 11.8 Å². The highest BCUT2D eigenvalue weighted by molar-refractivity contribution is 8.00. The average Bonchev–Trinajstić information content (AvgIpc) is 2.42. The van der Waals surface area contributed by atoms with E-state index in [1.807, 2.05) is 0 Å². The van der Waals surface area contributed by atoms with Gasteiger partial charge in [-0.15, -0.1) is 11.8 Å². The smallest absolute Gasteiger partial charge is 0.0205 e. The minimum Gasteiger partial charge on any atom is -0.312 e. The van der Waals surface area contributed by atoms with Gasteiger partial charge in [0.15, 0.2) is 0 Å². The highest BCUT2D eigenvalue weighted by Gasteiger charge is 2.15. The summed E-state index contributed by atoms with van der Waals surface area (Å²) in [5.74, 6) is 0.720. The molecule has 1 fully saturated rings. The topological polar surface area (TPSA) is 12.0 Å². The first-order valence-corrected chi connectivity index (χ1v) is 9.00. The third-order valence-electron chi connectivity index (χ3n) is 3.97. The Morgan fingerprint density at radius 1 is 1.20 bits per heavy atom. The van der Waals surface area contributed by atoms with E-state index >= 15 is 0 Å². The molecule has 1 aliphatic carbocycles. The first-order chi connectivity index (χ1) is 9.65. The molecule has 0 amide bonds. The summed E-state index contributed by atoms with van der Waals surface area (Å²) in [6.45, 7) is 8.85. The summed E-state index contributed by atoms with van der Waals surface area (Å²) in [6.07, 6.45) is 7.10. The standard InChI is InChI=1S/C18H29NS/c1-14(2)12-19-13-16-9-10-18(15(3)11-16)20-17-7-5-4-6-8-17/h9-11,14,17,19H,4-8,12-13H2,1-3H3. The molecule has 0 atom stereocenters. The van der Waals surface area contributed by atoms with Crippen LogP contribution in [-0.4, -0.2) is 11.8 Å². The summed E-state index contributed by atoms with van der Waals surface area (Å²) in [6, 6.07) is 6.99. The zero-order valence-electron chi connectivity index (χ0n) is 13.2. The summed E-state index contributed by atoms with van der Waals surface area (Å²) in [7, 11) is 0. The van der Waals surface area contributed by atoms with Gasteiger partial charge in [-0.2, -0.15) is 0 Å². The van der Waals surface area contributed by atoms with Gasteiger partial charge in [-0.3, -0.25) is 0 Å². The SMILES string of the molecule is Cc1cc(CNCC(C)C)ccc1SC1CCCCC1. The molecule has 1 nitrogen and oxygen atoms in total. The van der Waals surface area contributed by atoms with Crippen molar-refractivity contribution in [3.63, 3.8) is 0 Å². The number of benzene rings is 1. The van der Waals surface area contributed by atoms with E-state index in [2.05, 4.69) is 56.0 Å². The van der Waals surface area contributed by atoms with Crippen molar-refractivity contribution in [3.05, 3.63) is 29.3 Å². The van der Waals surface area contributed by atoms with Crippen LogP contribution >= 0.6 is 11.8 Å².